The topological polar surface area (TPSA) is 341 Å². The van der Waals surface area contributed by atoms with Crippen molar-refractivity contribution in [1.82, 2.24) is 0 Å². The lowest BCUT2D eigenvalue weighted by Crippen LogP contribution is -2.68. The predicted octanol–water partition coefficient (Wildman–Crippen LogP) is -6.60. The van der Waals surface area contributed by atoms with Crippen molar-refractivity contribution >= 4 is 5.78 Å². The van der Waals surface area contributed by atoms with Gasteiger partial charge in [0.25, 0.3) is 0 Å². The number of aliphatic hydroxyl groups excluding tert-OH is 6. The maximum Gasteiger partial charge on any atom is 0.184 e. The molecule has 264 valence electrons. The SMILES string of the molecule is NCCCC(O)CC(N)C(=O)CCOCC1C(CO)OC(OC2C(O)C(N)CC(N)C2OC2OC(CN)C(O)C(O)C2N)C1O. The summed E-state index contributed by atoms with van der Waals surface area (Å²) in [5.41, 5.74) is 35.5. The van der Waals surface area contributed by atoms with Crippen molar-refractivity contribution in [1.29, 1.82) is 0 Å². The lowest BCUT2D eigenvalue weighted by atomic mass is 9.84. The number of aliphatic hydroxyl groups is 6. The van der Waals surface area contributed by atoms with E-state index in [2.05, 4.69) is 0 Å². The molecule has 2 heterocycles. The van der Waals surface area contributed by atoms with Crippen LogP contribution in [0.4, 0.5) is 0 Å². The van der Waals surface area contributed by atoms with Crippen LogP contribution in [-0.4, -0.2) is 161 Å². The van der Waals surface area contributed by atoms with Gasteiger partial charge in [-0.1, -0.05) is 0 Å². The Kier molecular flexibility index (Phi) is 15.3. The second-order valence-corrected chi connectivity index (χ2v) is 12.2. The molecule has 18 nitrogen and oxygen atoms in total. The first kappa shape index (κ1) is 38.4. The summed E-state index contributed by atoms with van der Waals surface area (Å²) in [7, 11) is 0. The van der Waals surface area contributed by atoms with Crippen LogP contribution in [0, 0.1) is 5.92 Å². The second kappa shape index (κ2) is 17.9. The zero-order valence-electron chi connectivity index (χ0n) is 25.4. The Balaban J connectivity index is 1.59. The second-order valence-electron chi connectivity index (χ2n) is 12.2. The van der Waals surface area contributed by atoms with Crippen LogP contribution in [0.15, 0.2) is 0 Å². The Labute approximate surface area is 262 Å². The number of nitrogens with two attached hydrogens (primary N) is 6. The van der Waals surface area contributed by atoms with Crippen molar-refractivity contribution in [2.75, 3.05) is 32.9 Å². The summed E-state index contributed by atoms with van der Waals surface area (Å²) in [6.45, 7) is -0.328. The van der Waals surface area contributed by atoms with Crippen LogP contribution in [0.2, 0.25) is 0 Å². The highest BCUT2D eigenvalue weighted by Crippen LogP contribution is 2.34. The quantitative estimate of drug-likeness (QED) is 0.0648. The molecule has 0 amide bonds. The van der Waals surface area contributed by atoms with Crippen LogP contribution in [0.25, 0.3) is 0 Å². The monoisotopic (exact) mass is 654 g/mol. The average molecular weight is 655 g/mol. The molecule has 3 rings (SSSR count). The highest BCUT2D eigenvalue weighted by atomic mass is 16.7. The summed E-state index contributed by atoms with van der Waals surface area (Å²) in [6.07, 6.45) is -11.8. The van der Waals surface area contributed by atoms with Gasteiger partial charge in [-0.05, 0) is 32.2 Å². The summed E-state index contributed by atoms with van der Waals surface area (Å²) >= 11 is 0. The maximum absolute atomic E-state index is 12.4. The van der Waals surface area contributed by atoms with Crippen molar-refractivity contribution in [3.05, 3.63) is 0 Å². The summed E-state index contributed by atoms with van der Waals surface area (Å²) in [6, 6.07) is -3.68. The molecule has 0 radical (unpaired) electrons. The largest absolute Gasteiger partial charge is 0.394 e. The molecule has 0 bridgehead atoms. The van der Waals surface area contributed by atoms with Gasteiger partial charge < -0.3 is 88.7 Å². The van der Waals surface area contributed by atoms with Gasteiger partial charge in [-0.2, -0.15) is 0 Å². The fourth-order valence-corrected chi connectivity index (χ4v) is 5.93. The summed E-state index contributed by atoms with van der Waals surface area (Å²) in [4.78, 5) is 12.4. The van der Waals surface area contributed by atoms with E-state index >= 15 is 0 Å². The van der Waals surface area contributed by atoms with Crippen molar-refractivity contribution in [2.24, 2.45) is 40.3 Å². The van der Waals surface area contributed by atoms with Gasteiger partial charge in [-0.25, -0.2) is 0 Å². The third kappa shape index (κ3) is 9.77. The molecular formula is C27H54N6O12. The predicted molar refractivity (Wildman–Crippen MR) is 157 cm³/mol. The molecule has 18 heteroatoms. The highest BCUT2D eigenvalue weighted by molar-refractivity contribution is 5.83. The minimum atomic E-state index is -1.42. The Morgan fingerprint density at radius 2 is 1.56 bits per heavy atom. The van der Waals surface area contributed by atoms with E-state index in [0.717, 1.165) is 0 Å². The minimum absolute atomic E-state index is 0.0226. The van der Waals surface area contributed by atoms with Crippen LogP contribution in [-0.2, 0) is 28.5 Å². The summed E-state index contributed by atoms with van der Waals surface area (Å²) in [5.74, 6) is -1.07. The van der Waals surface area contributed by atoms with E-state index in [1.165, 1.54) is 0 Å². The third-order valence-corrected chi connectivity index (χ3v) is 8.80. The number of carbonyl (C=O) groups excluding carboxylic acids is 1. The van der Waals surface area contributed by atoms with Crippen molar-refractivity contribution in [2.45, 2.75) is 124 Å². The Morgan fingerprint density at radius 3 is 2.20 bits per heavy atom. The van der Waals surface area contributed by atoms with E-state index in [1.54, 1.807) is 0 Å². The number of rotatable bonds is 17. The van der Waals surface area contributed by atoms with E-state index < -0.39 is 104 Å². The van der Waals surface area contributed by atoms with Crippen molar-refractivity contribution in [3.63, 3.8) is 0 Å². The molecule has 3 aliphatic rings. The van der Waals surface area contributed by atoms with Crippen LogP contribution >= 0.6 is 0 Å². The Morgan fingerprint density at radius 1 is 0.889 bits per heavy atom. The molecule has 18 N–H and O–H groups in total. The first-order valence-corrected chi connectivity index (χ1v) is 15.5. The molecule has 3 fully saturated rings. The normalized spacial score (nSPS) is 42.0. The number of ether oxygens (including phenoxy) is 5. The molecule has 1 saturated carbocycles. The number of ketones is 1. The fraction of sp³-hybridized carbons (Fsp3) is 0.963. The molecule has 0 aromatic carbocycles. The van der Waals surface area contributed by atoms with E-state index in [0.29, 0.717) is 19.4 Å². The van der Waals surface area contributed by atoms with Crippen LogP contribution in [0.5, 0.6) is 0 Å². The summed E-state index contributed by atoms with van der Waals surface area (Å²) in [5, 5.41) is 62.5. The van der Waals surface area contributed by atoms with E-state index in [1.807, 2.05) is 0 Å². The molecule has 0 aromatic rings. The molecule has 16 atom stereocenters. The first-order valence-electron chi connectivity index (χ1n) is 15.5. The van der Waals surface area contributed by atoms with E-state index in [-0.39, 0.29) is 44.8 Å². The number of Topliss-reactive ketones (excluding diaryl/α,β-unsaturated/α-hetero) is 1. The number of hydrogen-bond donors (Lipinski definition) is 12. The molecular weight excluding hydrogens is 600 g/mol. The fourth-order valence-electron chi connectivity index (χ4n) is 5.93. The Hall–Kier alpha value is -1.01. The summed E-state index contributed by atoms with van der Waals surface area (Å²) < 4.78 is 29.1. The molecule has 2 saturated heterocycles. The van der Waals surface area contributed by atoms with Gasteiger partial charge in [0, 0.05) is 31.0 Å². The zero-order valence-corrected chi connectivity index (χ0v) is 25.4. The average Bonchev–Trinajstić information content (AvgIpc) is 3.31. The highest BCUT2D eigenvalue weighted by Gasteiger charge is 2.52. The molecule has 1 aliphatic carbocycles. The van der Waals surface area contributed by atoms with Crippen LogP contribution in [0.3, 0.4) is 0 Å². The van der Waals surface area contributed by atoms with Gasteiger partial charge >= 0.3 is 0 Å². The molecule has 0 aromatic heterocycles. The van der Waals surface area contributed by atoms with Crippen LogP contribution < -0.4 is 34.4 Å². The van der Waals surface area contributed by atoms with Gasteiger partial charge in [0.15, 0.2) is 18.4 Å². The van der Waals surface area contributed by atoms with Gasteiger partial charge in [0.2, 0.25) is 0 Å². The minimum Gasteiger partial charge on any atom is -0.394 e. The van der Waals surface area contributed by atoms with Crippen LogP contribution in [0.1, 0.15) is 32.1 Å². The maximum atomic E-state index is 12.4. The van der Waals surface area contributed by atoms with Gasteiger partial charge in [0.05, 0.1) is 50.2 Å². The van der Waals surface area contributed by atoms with E-state index in [9.17, 15) is 35.4 Å². The lowest BCUT2D eigenvalue weighted by Gasteiger charge is -2.47. The number of carbonyl (C=O) groups is 1. The smallest absolute Gasteiger partial charge is 0.184 e. The zero-order chi connectivity index (χ0) is 33.4. The molecule has 16 unspecified atom stereocenters. The van der Waals surface area contributed by atoms with Crippen molar-refractivity contribution in [3.8, 4) is 0 Å². The number of hydrogen-bond acceptors (Lipinski definition) is 18. The molecule has 45 heavy (non-hydrogen) atoms. The third-order valence-electron chi connectivity index (χ3n) is 8.80. The van der Waals surface area contributed by atoms with E-state index in [4.69, 9.17) is 58.1 Å². The van der Waals surface area contributed by atoms with Crippen molar-refractivity contribution < 1.29 is 59.1 Å². The first-order chi connectivity index (χ1) is 21.3. The molecule has 0 spiro atoms. The standard InChI is InChI=1S/C27H54N6O12/c28-4-1-2-11(35)6-13(30)16(36)3-5-41-10-12-18(9-34)43-27(20(12)37)45-25-21(38)14(31)7-15(32)24(25)44-26-19(33)23(40)22(39)17(8-29)42-26/h11-15,17-27,34-35,37-40H,1-10,28-33H2. The lowest BCUT2D eigenvalue weighted by molar-refractivity contribution is -0.306. The molecule has 2 aliphatic heterocycles. The van der Waals surface area contributed by atoms with Gasteiger partial charge in [-0.15, -0.1) is 0 Å². The Bertz CT molecular complexity index is 897. The van der Waals surface area contributed by atoms with Gasteiger partial charge in [0.1, 0.15) is 36.6 Å². The van der Waals surface area contributed by atoms with Gasteiger partial charge in [-0.3, -0.25) is 4.79 Å².